The van der Waals surface area contributed by atoms with E-state index in [4.69, 9.17) is 4.18 Å². The number of carbonyl (C=O) groups excluding carboxylic acids is 1. The molecular formula is C33H32N4O4S. The lowest BCUT2D eigenvalue weighted by molar-refractivity contribution is 0.0695. The molecule has 1 saturated heterocycles. The van der Waals surface area contributed by atoms with Gasteiger partial charge in [-0.2, -0.15) is 8.42 Å². The summed E-state index contributed by atoms with van der Waals surface area (Å²) in [5, 5.41) is 1.28. The zero-order valence-electron chi connectivity index (χ0n) is 23.6. The fourth-order valence-electron chi connectivity index (χ4n) is 5.52. The number of fused-ring (bicyclic) bond motifs is 1. The largest absolute Gasteiger partial charge is 0.379 e. The number of amides is 1. The predicted molar refractivity (Wildman–Crippen MR) is 162 cm³/mol. The molecule has 8 nitrogen and oxygen atoms in total. The van der Waals surface area contributed by atoms with E-state index < -0.39 is 10.1 Å². The molecule has 0 atom stereocenters. The van der Waals surface area contributed by atoms with Gasteiger partial charge >= 0.3 is 10.1 Å². The zero-order valence-corrected chi connectivity index (χ0v) is 24.4. The molecule has 1 fully saturated rings. The van der Waals surface area contributed by atoms with Gasteiger partial charge in [-0.05, 0) is 72.9 Å². The molecule has 1 aliphatic rings. The van der Waals surface area contributed by atoms with E-state index in [1.54, 1.807) is 36.7 Å². The van der Waals surface area contributed by atoms with Crippen LogP contribution < -0.4 is 4.18 Å². The van der Waals surface area contributed by atoms with Crippen molar-refractivity contribution >= 4 is 26.8 Å². The number of imidazole rings is 1. The van der Waals surface area contributed by atoms with Gasteiger partial charge in [0.25, 0.3) is 5.91 Å². The fraction of sp³-hybridized carbons (Fsp3) is 0.242. The summed E-state index contributed by atoms with van der Waals surface area (Å²) in [5.41, 5.74) is 3.78. The van der Waals surface area contributed by atoms with Crippen LogP contribution in [-0.2, 0) is 10.1 Å². The van der Waals surface area contributed by atoms with E-state index in [2.05, 4.69) is 28.4 Å². The second-order valence-corrected chi connectivity index (χ2v) is 12.4. The Labute approximate surface area is 245 Å². The number of pyridine rings is 1. The van der Waals surface area contributed by atoms with Gasteiger partial charge in [0.1, 0.15) is 10.6 Å². The van der Waals surface area contributed by atoms with Crippen LogP contribution in [0, 0.1) is 0 Å². The number of benzene rings is 3. The van der Waals surface area contributed by atoms with Crippen molar-refractivity contribution in [3.63, 3.8) is 0 Å². The third-order valence-electron chi connectivity index (χ3n) is 7.90. The van der Waals surface area contributed by atoms with Crippen molar-refractivity contribution in [2.24, 2.45) is 0 Å². The predicted octanol–water partition coefficient (Wildman–Crippen LogP) is 6.47. The minimum Gasteiger partial charge on any atom is -0.379 e. The van der Waals surface area contributed by atoms with Crippen molar-refractivity contribution in [1.82, 2.24) is 19.4 Å². The van der Waals surface area contributed by atoms with Crippen molar-refractivity contribution in [1.29, 1.82) is 0 Å². The van der Waals surface area contributed by atoms with Crippen molar-refractivity contribution in [2.45, 2.75) is 43.5 Å². The number of likely N-dealkylation sites (tertiary alicyclic amines) is 1. The Morgan fingerprint density at radius 2 is 1.64 bits per heavy atom. The van der Waals surface area contributed by atoms with Crippen molar-refractivity contribution in [2.75, 3.05) is 13.1 Å². The number of carbonyl (C=O) groups is 1. The minimum absolute atomic E-state index is 0.0697. The smallest absolute Gasteiger partial charge is 0.339 e. The van der Waals surface area contributed by atoms with Crippen LogP contribution in [0.4, 0.5) is 0 Å². The summed E-state index contributed by atoms with van der Waals surface area (Å²) in [4.78, 5) is 23.6. The quantitative estimate of drug-likeness (QED) is 0.205. The van der Waals surface area contributed by atoms with Gasteiger partial charge in [0, 0.05) is 53.4 Å². The van der Waals surface area contributed by atoms with E-state index in [1.807, 2.05) is 59.9 Å². The summed E-state index contributed by atoms with van der Waals surface area (Å²) in [6.07, 6.45) is 8.46. The molecule has 0 aliphatic carbocycles. The number of rotatable bonds is 7. The molecule has 0 unspecified atom stereocenters. The van der Waals surface area contributed by atoms with E-state index in [0.717, 1.165) is 35.0 Å². The molecule has 42 heavy (non-hydrogen) atoms. The Bertz CT molecular complexity index is 1820. The number of hydrogen-bond acceptors (Lipinski definition) is 6. The van der Waals surface area contributed by atoms with Crippen molar-refractivity contribution in [3.05, 3.63) is 109 Å². The number of piperidine rings is 1. The van der Waals surface area contributed by atoms with Crippen LogP contribution in [0.25, 0.3) is 22.0 Å². The maximum atomic E-state index is 13.1. The van der Waals surface area contributed by atoms with Crippen LogP contribution in [0.1, 0.15) is 54.6 Å². The summed E-state index contributed by atoms with van der Waals surface area (Å²) >= 11 is 0. The Kier molecular flexibility index (Phi) is 7.51. The molecule has 214 valence electrons. The van der Waals surface area contributed by atoms with Crippen molar-refractivity contribution in [3.8, 4) is 17.0 Å². The summed E-state index contributed by atoms with van der Waals surface area (Å²) in [5.74, 6) is 0.725. The summed E-state index contributed by atoms with van der Waals surface area (Å²) in [6, 6.07) is 21.8. The molecule has 0 N–H and O–H groups in total. The van der Waals surface area contributed by atoms with Gasteiger partial charge in [0.2, 0.25) is 0 Å². The summed E-state index contributed by atoms with van der Waals surface area (Å²) < 4.78 is 33.9. The van der Waals surface area contributed by atoms with Gasteiger partial charge in [-0.1, -0.05) is 38.1 Å². The third kappa shape index (κ3) is 5.52. The molecule has 9 heteroatoms. The van der Waals surface area contributed by atoms with Gasteiger partial charge in [-0.3, -0.25) is 9.78 Å². The van der Waals surface area contributed by atoms with E-state index in [-0.39, 0.29) is 22.6 Å². The molecule has 0 bridgehead atoms. The van der Waals surface area contributed by atoms with Gasteiger partial charge in [0.05, 0.1) is 18.2 Å². The normalized spacial score (nSPS) is 14.4. The second-order valence-electron chi connectivity index (χ2n) is 10.9. The molecule has 1 aliphatic heterocycles. The monoisotopic (exact) mass is 580 g/mol. The molecule has 0 radical (unpaired) electrons. The first kappa shape index (κ1) is 27.7. The highest BCUT2D eigenvalue weighted by atomic mass is 32.2. The van der Waals surface area contributed by atoms with Crippen LogP contribution >= 0.6 is 0 Å². The SMILES string of the molecule is CC(C)c1ccc(C(=O)N2CCC(n3cncc3-c3ccc(OS(=O)(=O)c4cccc5cnccc45)cc3)CC2)cc1. The van der Waals surface area contributed by atoms with Crippen molar-refractivity contribution < 1.29 is 17.4 Å². The van der Waals surface area contributed by atoms with Gasteiger partial charge in [-0.25, -0.2) is 4.98 Å². The summed E-state index contributed by atoms with van der Waals surface area (Å²) in [7, 11) is -4.05. The Morgan fingerprint density at radius 1 is 0.905 bits per heavy atom. The Morgan fingerprint density at radius 3 is 2.36 bits per heavy atom. The lowest BCUT2D eigenvalue weighted by atomic mass is 10.00. The maximum Gasteiger partial charge on any atom is 0.339 e. The minimum atomic E-state index is -4.05. The molecule has 0 saturated carbocycles. The van der Waals surface area contributed by atoms with Crippen LogP contribution in [0.15, 0.2) is 103 Å². The lowest BCUT2D eigenvalue weighted by Crippen LogP contribution is -2.39. The fourth-order valence-corrected chi connectivity index (χ4v) is 6.68. The molecule has 1 amide bonds. The summed E-state index contributed by atoms with van der Waals surface area (Å²) in [6.45, 7) is 5.62. The molecule has 3 heterocycles. The number of nitrogens with zero attached hydrogens (tertiary/aromatic N) is 4. The molecule has 6 rings (SSSR count). The van der Waals surface area contributed by atoms with Crippen LogP contribution in [0.3, 0.4) is 0 Å². The highest BCUT2D eigenvalue weighted by Gasteiger charge is 2.26. The molecule has 0 spiro atoms. The third-order valence-corrected chi connectivity index (χ3v) is 9.21. The van der Waals surface area contributed by atoms with E-state index in [0.29, 0.717) is 24.4 Å². The molecular weight excluding hydrogens is 548 g/mol. The molecule has 2 aromatic heterocycles. The van der Waals surface area contributed by atoms with Crippen LogP contribution in [0.5, 0.6) is 5.75 Å². The first-order valence-electron chi connectivity index (χ1n) is 14.1. The Balaban J connectivity index is 1.13. The van der Waals surface area contributed by atoms with Gasteiger partial charge < -0.3 is 13.7 Å². The highest BCUT2D eigenvalue weighted by molar-refractivity contribution is 7.87. The number of hydrogen-bond donors (Lipinski definition) is 0. The van der Waals surface area contributed by atoms with E-state index >= 15 is 0 Å². The lowest BCUT2D eigenvalue weighted by Gasteiger charge is -2.33. The van der Waals surface area contributed by atoms with Crippen LogP contribution in [-0.4, -0.2) is 46.8 Å². The van der Waals surface area contributed by atoms with Gasteiger partial charge in [0.15, 0.2) is 0 Å². The average molecular weight is 581 g/mol. The zero-order chi connectivity index (χ0) is 29.3. The molecule has 3 aromatic carbocycles. The first-order valence-corrected chi connectivity index (χ1v) is 15.5. The maximum absolute atomic E-state index is 13.1. The van der Waals surface area contributed by atoms with E-state index in [9.17, 15) is 13.2 Å². The standard InChI is InChI=1S/C33H32N4O4S/c1-23(2)24-6-8-26(9-7-24)33(38)36-18-15-28(16-19-36)37-22-35-21-31(37)25-10-12-29(13-11-25)41-42(39,40)32-5-3-4-27-20-34-17-14-30(27)32/h3-14,17,20-23,28H,15-16,18-19H2,1-2H3. The average Bonchev–Trinajstić information content (AvgIpc) is 3.51. The first-order chi connectivity index (χ1) is 20.3. The Hall–Kier alpha value is -4.50. The highest BCUT2D eigenvalue weighted by Crippen LogP contribution is 2.31. The van der Waals surface area contributed by atoms with Gasteiger partial charge in [-0.15, -0.1) is 0 Å². The van der Waals surface area contributed by atoms with E-state index in [1.165, 1.54) is 11.6 Å². The number of aromatic nitrogens is 3. The second kappa shape index (κ2) is 11.4. The van der Waals surface area contributed by atoms with Crippen LogP contribution in [0.2, 0.25) is 0 Å². The topological polar surface area (TPSA) is 94.4 Å². The molecule has 5 aromatic rings.